The van der Waals surface area contributed by atoms with E-state index in [1.54, 1.807) is 85.2 Å². The Morgan fingerprint density at radius 2 is 1.00 bits per heavy atom. The van der Waals surface area contributed by atoms with Crippen molar-refractivity contribution in [2.24, 2.45) is 9.98 Å². The highest BCUT2D eigenvalue weighted by Gasteiger charge is 2.33. The van der Waals surface area contributed by atoms with Gasteiger partial charge in [0.1, 0.15) is 0 Å². The molecule has 1 heterocycles. The van der Waals surface area contributed by atoms with Crippen molar-refractivity contribution in [2.45, 2.75) is 9.79 Å². The van der Waals surface area contributed by atoms with E-state index in [9.17, 15) is 8.42 Å². The van der Waals surface area contributed by atoms with E-state index in [4.69, 9.17) is 46.4 Å². The van der Waals surface area contributed by atoms with Gasteiger partial charge in [-0.3, -0.25) is 9.98 Å². The van der Waals surface area contributed by atoms with Gasteiger partial charge in [-0.2, -0.15) is 0 Å². The molecule has 4 nitrogen and oxygen atoms in total. The van der Waals surface area contributed by atoms with Crippen LogP contribution in [0.2, 0.25) is 20.1 Å². The lowest BCUT2D eigenvalue weighted by atomic mass is 10.1. The molecule has 0 aliphatic carbocycles. The van der Waals surface area contributed by atoms with Crippen molar-refractivity contribution in [3.05, 3.63) is 104 Å². The third-order valence-corrected chi connectivity index (χ3v) is 8.39. The second kappa shape index (κ2) is 9.41. The molecule has 0 spiro atoms. The van der Waals surface area contributed by atoms with Crippen LogP contribution in [-0.4, -0.2) is 20.8 Å². The van der Waals surface area contributed by atoms with Crippen LogP contribution in [0.3, 0.4) is 0 Å². The minimum atomic E-state index is -3.74. The lowest BCUT2D eigenvalue weighted by molar-refractivity contribution is 0.598. The Bertz CT molecular complexity index is 1550. The van der Waals surface area contributed by atoms with Gasteiger partial charge in [0.15, 0.2) is 0 Å². The monoisotopic (exact) mass is 558 g/mol. The van der Waals surface area contributed by atoms with Crippen LogP contribution < -0.4 is 0 Å². The standard InChI is InChI=1S/C26H14Cl4N2O2S/c27-17-3-1-15(23(29)9-17)13-31-19-5-7-21-22-8-6-20(12-26(22)35(33,34)25(21)11-19)32-14-16-2-4-18(28)10-24(16)30/h1-14H. The molecular weight excluding hydrogens is 546 g/mol. The Labute approximate surface area is 222 Å². The summed E-state index contributed by atoms with van der Waals surface area (Å²) in [4.78, 5) is 9.21. The van der Waals surface area contributed by atoms with E-state index in [1.807, 2.05) is 0 Å². The van der Waals surface area contributed by atoms with Crippen molar-refractivity contribution in [1.82, 2.24) is 0 Å². The maximum Gasteiger partial charge on any atom is 0.207 e. The fourth-order valence-electron chi connectivity index (χ4n) is 3.69. The minimum absolute atomic E-state index is 0.200. The van der Waals surface area contributed by atoms with Crippen LogP contribution in [0.1, 0.15) is 11.1 Å². The number of hydrogen-bond acceptors (Lipinski definition) is 4. The van der Waals surface area contributed by atoms with Gasteiger partial charge in [0.25, 0.3) is 0 Å². The van der Waals surface area contributed by atoms with Crippen molar-refractivity contribution in [3.63, 3.8) is 0 Å². The maximum atomic E-state index is 13.3. The number of aliphatic imine (C=N–C) groups is 2. The third-order valence-electron chi connectivity index (χ3n) is 5.43. The van der Waals surface area contributed by atoms with Crippen LogP contribution in [0.25, 0.3) is 11.1 Å². The number of sulfone groups is 1. The molecule has 0 atom stereocenters. The Balaban J connectivity index is 1.46. The Morgan fingerprint density at radius 3 is 1.40 bits per heavy atom. The van der Waals surface area contributed by atoms with E-state index >= 15 is 0 Å². The highest BCUT2D eigenvalue weighted by atomic mass is 35.5. The summed E-state index contributed by atoms with van der Waals surface area (Å²) in [5.41, 5.74) is 3.57. The first-order valence-corrected chi connectivity index (χ1v) is 13.2. The van der Waals surface area contributed by atoms with Gasteiger partial charge in [0, 0.05) is 44.7 Å². The van der Waals surface area contributed by atoms with Gasteiger partial charge in [-0.1, -0.05) is 70.7 Å². The molecular formula is C26H14Cl4N2O2S. The predicted octanol–water partition coefficient (Wildman–Crippen LogP) is 8.61. The molecule has 0 amide bonds. The molecule has 0 saturated carbocycles. The van der Waals surface area contributed by atoms with Gasteiger partial charge < -0.3 is 0 Å². The largest absolute Gasteiger partial charge is 0.256 e. The number of fused-ring (bicyclic) bond motifs is 3. The van der Waals surface area contributed by atoms with Crippen molar-refractivity contribution in [3.8, 4) is 11.1 Å². The number of benzene rings is 4. The Kier molecular flexibility index (Phi) is 6.47. The topological polar surface area (TPSA) is 58.9 Å². The molecule has 4 aromatic carbocycles. The molecule has 0 saturated heterocycles. The molecule has 1 aliphatic rings. The SMILES string of the molecule is O=S1(=O)c2cc(N=Cc3ccc(Cl)cc3Cl)ccc2-c2ccc(N=Cc3ccc(Cl)cc3Cl)cc21. The maximum absolute atomic E-state index is 13.3. The zero-order valence-electron chi connectivity index (χ0n) is 17.7. The molecule has 0 bridgehead atoms. The molecule has 0 aromatic heterocycles. The molecule has 4 aromatic rings. The van der Waals surface area contributed by atoms with E-state index in [-0.39, 0.29) is 9.79 Å². The lowest BCUT2D eigenvalue weighted by Crippen LogP contribution is -1.96. The average molecular weight is 560 g/mol. The van der Waals surface area contributed by atoms with Gasteiger partial charge in [0.05, 0.1) is 31.2 Å². The second-order valence-electron chi connectivity index (χ2n) is 7.71. The normalized spacial score (nSPS) is 13.9. The van der Waals surface area contributed by atoms with Crippen molar-refractivity contribution >= 4 is 80.0 Å². The summed E-state index contributed by atoms with van der Waals surface area (Å²) in [6.07, 6.45) is 3.15. The second-order valence-corrected chi connectivity index (χ2v) is 11.3. The molecule has 0 N–H and O–H groups in total. The zero-order valence-corrected chi connectivity index (χ0v) is 21.6. The summed E-state index contributed by atoms with van der Waals surface area (Å²) in [5.74, 6) is 0. The van der Waals surface area contributed by atoms with E-state index in [0.29, 0.717) is 53.7 Å². The van der Waals surface area contributed by atoms with Crippen LogP contribution in [-0.2, 0) is 9.84 Å². The summed E-state index contributed by atoms with van der Waals surface area (Å²) >= 11 is 24.3. The van der Waals surface area contributed by atoms with Crippen LogP contribution in [0.5, 0.6) is 0 Å². The number of nitrogens with zero attached hydrogens (tertiary/aromatic N) is 2. The van der Waals surface area contributed by atoms with Gasteiger partial charge in [-0.25, -0.2) is 8.42 Å². The fraction of sp³-hybridized carbons (Fsp3) is 0. The number of hydrogen-bond donors (Lipinski definition) is 0. The lowest BCUT2D eigenvalue weighted by Gasteiger charge is -2.02. The van der Waals surface area contributed by atoms with Crippen LogP contribution in [0.4, 0.5) is 11.4 Å². The molecule has 5 rings (SSSR count). The van der Waals surface area contributed by atoms with Gasteiger partial charge in [-0.05, 0) is 48.5 Å². The molecule has 0 radical (unpaired) electrons. The van der Waals surface area contributed by atoms with Gasteiger partial charge >= 0.3 is 0 Å². The number of halogens is 4. The van der Waals surface area contributed by atoms with E-state index in [1.165, 1.54) is 0 Å². The quantitative estimate of drug-likeness (QED) is 0.207. The summed E-state index contributed by atoms with van der Waals surface area (Å²) in [5, 5.41) is 1.95. The van der Waals surface area contributed by atoms with Crippen molar-refractivity contribution in [2.75, 3.05) is 0 Å². The average Bonchev–Trinajstić information content (AvgIpc) is 3.04. The zero-order chi connectivity index (χ0) is 24.7. The molecule has 0 unspecified atom stereocenters. The number of rotatable bonds is 4. The smallest absolute Gasteiger partial charge is 0.207 e. The van der Waals surface area contributed by atoms with Gasteiger partial charge in [0.2, 0.25) is 9.84 Å². The van der Waals surface area contributed by atoms with Crippen molar-refractivity contribution < 1.29 is 8.42 Å². The van der Waals surface area contributed by atoms with Crippen LogP contribution in [0, 0.1) is 0 Å². The predicted molar refractivity (Wildman–Crippen MR) is 145 cm³/mol. The summed E-state index contributed by atoms with van der Waals surface area (Å²) < 4.78 is 26.7. The van der Waals surface area contributed by atoms with E-state index < -0.39 is 9.84 Å². The molecule has 35 heavy (non-hydrogen) atoms. The Hall–Kier alpha value is -2.67. The van der Waals surface area contributed by atoms with E-state index in [0.717, 1.165) is 0 Å². The molecule has 9 heteroatoms. The van der Waals surface area contributed by atoms with Crippen LogP contribution >= 0.6 is 46.4 Å². The Morgan fingerprint density at radius 1 is 0.571 bits per heavy atom. The summed E-state index contributed by atoms with van der Waals surface area (Å²) in [7, 11) is -3.74. The fourth-order valence-corrected chi connectivity index (χ4v) is 6.33. The molecule has 1 aliphatic heterocycles. The summed E-state index contributed by atoms with van der Waals surface area (Å²) in [6.45, 7) is 0. The van der Waals surface area contributed by atoms with Gasteiger partial charge in [-0.15, -0.1) is 0 Å². The third kappa shape index (κ3) is 4.75. The minimum Gasteiger partial charge on any atom is -0.256 e. The first-order valence-electron chi connectivity index (χ1n) is 10.2. The highest BCUT2D eigenvalue weighted by molar-refractivity contribution is 7.92. The molecule has 0 fully saturated rings. The van der Waals surface area contributed by atoms with E-state index in [2.05, 4.69) is 9.98 Å². The van der Waals surface area contributed by atoms with Crippen molar-refractivity contribution in [1.29, 1.82) is 0 Å². The first-order chi connectivity index (χ1) is 16.7. The highest BCUT2D eigenvalue weighted by Crippen LogP contribution is 2.45. The van der Waals surface area contributed by atoms with Crippen LogP contribution in [0.15, 0.2) is 92.6 Å². The summed E-state index contributed by atoms with van der Waals surface area (Å²) in [6, 6.07) is 20.3. The first kappa shape index (κ1) is 24.0. The molecule has 174 valence electrons.